The Kier molecular flexibility index (Phi) is 6.43. The zero-order valence-corrected chi connectivity index (χ0v) is 20.8. The summed E-state index contributed by atoms with van der Waals surface area (Å²) in [5.41, 5.74) is 1.25. The number of carbonyl (C=O) groups excluding carboxylic acids is 3. The number of rotatable bonds is 6. The van der Waals surface area contributed by atoms with Crippen molar-refractivity contribution in [1.82, 2.24) is 24.3 Å². The highest BCUT2D eigenvalue weighted by atomic mass is 16.2. The van der Waals surface area contributed by atoms with Gasteiger partial charge in [-0.25, -0.2) is 4.98 Å². The van der Waals surface area contributed by atoms with E-state index in [1.807, 2.05) is 53.9 Å². The fraction of sp³-hybridized carbons (Fsp3) is 0.393. The van der Waals surface area contributed by atoms with Crippen LogP contribution in [0.25, 0.3) is 0 Å². The maximum Gasteiger partial charge on any atom is 0.241 e. The number of carbonyl (C=O) groups is 3. The second-order valence-corrected chi connectivity index (χ2v) is 9.89. The van der Waals surface area contributed by atoms with Gasteiger partial charge in [0, 0.05) is 51.2 Å². The molecule has 3 amide bonds. The molecule has 2 saturated heterocycles. The smallest absolute Gasteiger partial charge is 0.241 e. The Morgan fingerprint density at radius 1 is 1.08 bits per heavy atom. The van der Waals surface area contributed by atoms with Crippen molar-refractivity contribution in [2.45, 2.75) is 57.0 Å². The molecule has 2 aliphatic heterocycles. The van der Waals surface area contributed by atoms with Crippen LogP contribution in [0.4, 0.5) is 0 Å². The highest BCUT2D eigenvalue weighted by molar-refractivity contribution is 6.10. The maximum absolute atomic E-state index is 14.1. The van der Waals surface area contributed by atoms with Crippen LogP contribution in [0.5, 0.6) is 0 Å². The van der Waals surface area contributed by atoms with E-state index in [-0.39, 0.29) is 43.1 Å². The van der Waals surface area contributed by atoms with Crippen molar-refractivity contribution in [1.29, 1.82) is 0 Å². The lowest BCUT2D eigenvalue weighted by molar-refractivity contribution is -0.144. The molecule has 0 aliphatic carbocycles. The third kappa shape index (κ3) is 4.21. The average Bonchev–Trinajstić information content (AvgIpc) is 3.41. The van der Waals surface area contributed by atoms with E-state index in [0.29, 0.717) is 6.54 Å². The molecule has 2 atom stereocenters. The van der Waals surface area contributed by atoms with Crippen molar-refractivity contribution in [3.8, 4) is 0 Å². The van der Waals surface area contributed by atoms with Crippen LogP contribution in [0, 0.1) is 6.92 Å². The highest BCUT2D eigenvalue weighted by Crippen LogP contribution is 2.43. The van der Waals surface area contributed by atoms with E-state index >= 15 is 0 Å². The first-order valence-corrected chi connectivity index (χ1v) is 12.5. The molecule has 186 valence electrons. The molecule has 8 nitrogen and oxygen atoms in total. The number of imidazole rings is 1. The van der Waals surface area contributed by atoms with E-state index in [0.717, 1.165) is 41.8 Å². The van der Waals surface area contributed by atoms with Gasteiger partial charge in [0.2, 0.25) is 17.7 Å². The monoisotopic (exact) mass is 485 g/mol. The summed E-state index contributed by atoms with van der Waals surface area (Å²) in [6, 6.07) is 11.1. The number of benzene rings is 1. The van der Waals surface area contributed by atoms with Crippen LogP contribution in [0.1, 0.15) is 60.7 Å². The molecule has 3 aromatic rings. The second-order valence-electron chi connectivity index (χ2n) is 9.89. The van der Waals surface area contributed by atoms with Crippen LogP contribution < -0.4 is 0 Å². The maximum atomic E-state index is 14.1. The van der Waals surface area contributed by atoms with Gasteiger partial charge in [-0.1, -0.05) is 24.3 Å². The zero-order chi connectivity index (χ0) is 25.3. The number of imide groups is 1. The van der Waals surface area contributed by atoms with E-state index in [1.165, 1.54) is 4.90 Å². The van der Waals surface area contributed by atoms with Gasteiger partial charge in [0.05, 0.1) is 18.0 Å². The van der Waals surface area contributed by atoms with E-state index in [2.05, 4.69) is 9.97 Å². The van der Waals surface area contributed by atoms with Gasteiger partial charge in [-0.05, 0) is 55.0 Å². The van der Waals surface area contributed by atoms with Crippen LogP contribution in [0.15, 0.2) is 61.2 Å². The number of hydrogen-bond acceptors (Lipinski definition) is 5. The number of likely N-dealkylation sites (tertiary alicyclic amines) is 2. The lowest BCUT2D eigenvalue weighted by Gasteiger charge is -2.38. The molecule has 1 aromatic carbocycles. The Morgan fingerprint density at radius 3 is 2.58 bits per heavy atom. The number of nitrogens with zero attached hydrogens (tertiary/aromatic N) is 5. The van der Waals surface area contributed by atoms with Gasteiger partial charge in [0.1, 0.15) is 5.82 Å². The lowest BCUT2D eigenvalue weighted by Crippen LogP contribution is -2.46. The molecular weight excluding hydrogens is 454 g/mol. The normalized spacial score (nSPS) is 22.3. The summed E-state index contributed by atoms with van der Waals surface area (Å²) in [6.45, 7) is 2.72. The molecule has 0 spiro atoms. The molecule has 2 fully saturated rings. The fourth-order valence-corrected chi connectivity index (χ4v) is 5.74. The Morgan fingerprint density at radius 2 is 1.86 bits per heavy atom. The fourth-order valence-electron chi connectivity index (χ4n) is 5.74. The minimum absolute atomic E-state index is 0.0194. The molecule has 0 radical (unpaired) electrons. The third-order valence-electron chi connectivity index (χ3n) is 7.59. The molecule has 0 unspecified atom stereocenters. The lowest BCUT2D eigenvalue weighted by atomic mass is 9.73. The average molecular weight is 486 g/mol. The number of aryl methyl sites for hydroxylation is 2. The summed E-state index contributed by atoms with van der Waals surface area (Å²) in [4.78, 5) is 53.1. The zero-order valence-electron chi connectivity index (χ0n) is 20.8. The van der Waals surface area contributed by atoms with Gasteiger partial charge >= 0.3 is 0 Å². The van der Waals surface area contributed by atoms with Gasteiger partial charge in [0.25, 0.3) is 0 Å². The van der Waals surface area contributed by atoms with Crippen LogP contribution in [-0.4, -0.2) is 48.6 Å². The molecule has 36 heavy (non-hydrogen) atoms. The standard InChI is InChI=1S/C28H31N5O3/c1-20-7-3-4-8-22(20)28(18-25(35)33(27(28)36)19-21-10-12-29-13-11-21)17-24(34)32-15-6-5-9-23(32)26-30-14-16-31(26)2/h3-4,7-8,10-14,16,23H,5-6,9,15,17-19H2,1-2H3/t23-,28+/m1/s1. The van der Waals surface area contributed by atoms with Gasteiger partial charge in [0.15, 0.2) is 0 Å². The first-order valence-electron chi connectivity index (χ1n) is 12.5. The Hall–Kier alpha value is -3.81. The van der Waals surface area contributed by atoms with Crippen molar-refractivity contribution in [2.75, 3.05) is 6.54 Å². The largest absolute Gasteiger partial charge is 0.336 e. The molecule has 8 heteroatoms. The Labute approximate surface area is 211 Å². The highest BCUT2D eigenvalue weighted by Gasteiger charge is 2.55. The van der Waals surface area contributed by atoms with Gasteiger partial charge in [-0.3, -0.25) is 24.3 Å². The predicted molar refractivity (Wildman–Crippen MR) is 133 cm³/mol. The number of amides is 3. The molecular formula is C28H31N5O3. The summed E-state index contributed by atoms with van der Waals surface area (Å²) in [6.07, 6.45) is 9.61. The summed E-state index contributed by atoms with van der Waals surface area (Å²) < 4.78 is 1.95. The molecule has 0 saturated carbocycles. The van der Waals surface area contributed by atoms with Crippen molar-refractivity contribution in [3.05, 3.63) is 83.7 Å². The first-order chi connectivity index (χ1) is 17.4. The molecule has 0 N–H and O–H groups in total. The number of hydrogen-bond donors (Lipinski definition) is 0. The molecule has 5 rings (SSSR count). The first kappa shape index (κ1) is 23.9. The van der Waals surface area contributed by atoms with Crippen LogP contribution in [0.3, 0.4) is 0 Å². The van der Waals surface area contributed by atoms with Crippen molar-refractivity contribution in [3.63, 3.8) is 0 Å². The van der Waals surface area contributed by atoms with Crippen molar-refractivity contribution < 1.29 is 14.4 Å². The summed E-state index contributed by atoms with van der Waals surface area (Å²) >= 11 is 0. The predicted octanol–water partition coefficient (Wildman–Crippen LogP) is 3.46. The Bertz CT molecular complexity index is 1290. The topological polar surface area (TPSA) is 88.4 Å². The molecule has 4 heterocycles. The molecule has 0 bridgehead atoms. The minimum Gasteiger partial charge on any atom is -0.336 e. The third-order valence-corrected chi connectivity index (χ3v) is 7.59. The van der Waals surface area contributed by atoms with Crippen LogP contribution >= 0.6 is 0 Å². The second kappa shape index (κ2) is 9.68. The molecule has 2 aromatic heterocycles. The van der Waals surface area contributed by atoms with Crippen LogP contribution in [0.2, 0.25) is 0 Å². The van der Waals surface area contributed by atoms with E-state index in [1.54, 1.807) is 30.7 Å². The molecule has 2 aliphatic rings. The van der Waals surface area contributed by atoms with E-state index in [9.17, 15) is 14.4 Å². The summed E-state index contributed by atoms with van der Waals surface area (Å²) in [7, 11) is 1.94. The van der Waals surface area contributed by atoms with E-state index in [4.69, 9.17) is 0 Å². The van der Waals surface area contributed by atoms with Crippen molar-refractivity contribution >= 4 is 17.7 Å². The van der Waals surface area contributed by atoms with E-state index < -0.39 is 5.41 Å². The van der Waals surface area contributed by atoms with Gasteiger partial charge in [-0.2, -0.15) is 0 Å². The van der Waals surface area contributed by atoms with Crippen molar-refractivity contribution in [2.24, 2.45) is 7.05 Å². The summed E-state index contributed by atoms with van der Waals surface area (Å²) in [5, 5.41) is 0. The minimum atomic E-state index is -1.23. The quantitative estimate of drug-likeness (QED) is 0.499. The van der Waals surface area contributed by atoms with Crippen LogP contribution in [-0.2, 0) is 33.4 Å². The number of piperidine rings is 1. The summed E-state index contributed by atoms with van der Waals surface area (Å²) in [5.74, 6) is 0.170. The number of pyridine rings is 1. The SMILES string of the molecule is Cc1ccccc1[C@]1(CC(=O)N2CCCC[C@@H]2c2nccn2C)CC(=O)N(Cc2ccncc2)C1=O. The van der Waals surface area contributed by atoms with Gasteiger partial charge in [-0.15, -0.1) is 0 Å². The van der Waals surface area contributed by atoms with Gasteiger partial charge < -0.3 is 9.47 Å². The number of aromatic nitrogens is 3. The Balaban J connectivity index is 1.50.